The third-order valence-electron chi connectivity index (χ3n) is 4.61. The topological polar surface area (TPSA) is 61.8 Å². The molecule has 0 unspecified atom stereocenters. The predicted molar refractivity (Wildman–Crippen MR) is 116 cm³/mol. The Morgan fingerprint density at radius 1 is 1.03 bits per heavy atom. The summed E-state index contributed by atoms with van der Waals surface area (Å²) < 4.78 is 17.3. The number of carbonyl (C=O) groups is 2. The number of benzene rings is 3. The third-order valence-corrected chi connectivity index (χ3v) is 5.10. The molecule has 6 heteroatoms. The van der Waals surface area contributed by atoms with Crippen LogP contribution in [0.25, 0.3) is 6.08 Å². The SMILES string of the molecule is COc1cccc(C(=O)Oc2cc(C)c3c(c2)O/C(=C\c2cccc(Br)c2)C3=O)c1. The molecule has 0 atom stereocenters. The van der Waals surface area contributed by atoms with Crippen molar-refractivity contribution >= 4 is 33.8 Å². The van der Waals surface area contributed by atoms with Crippen LogP contribution in [0.15, 0.2) is 70.9 Å². The van der Waals surface area contributed by atoms with Crippen molar-refractivity contribution in [3.63, 3.8) is 0 Å². The molecule has 1 heterocycles. The summed E-state index contributed by atoms with van der Waals surface area (Å²) >= 11 is 3.42. The van der Waals surface area contributed by atoms with Gasteiger partial charge in [-0.2, -0.15) is 0 Å². The maximum Gasteiger partial charge on any atom is 0.343 e. The Hall–Kier alpha value is -3.38. The van der Waals surface area contributed by atoms with Crippen LogP contribution >= 0.6 is 15.9 Å². The van der Waals surface area contributed by atoms with Crippen molar-refractivity contribution < 1.29 is 23.8 Å². The van der Waals surface area contributed by atoms with Crippen LogP contribution in [-0.2, 0) is 0 Å². The summed E-state index contributed by atoms with van der Waals surface area (Å²) in [6.07, 6.45) is 1.69. The van der Waals surface area contributed by atoms with Crippen LogP contribution in [-0.4, -0.2) is 18.9 Å². The zero-order valence-corrected chi connectivity index (χ0v) is 17.9. The minimum Gasteiger partial charge on any atom is -0.497 e. The van der Waals surface area contributed by atoms with Crippen molar-refractivity contribution in [2.75, 3.05) is 7.11 Å². The standard InChI is InChI=1S/C24H17BrO5/c1-14-9-19(29-24(27)16-6-4-8-18(12-16)28-2)13-20-22(14)23(26)21(30-20)11-15-5-3-7-17(25)10-15/h3-13H,1-2H3/b21-11-. The Morgan fingerprint density at radius 2 is 1.83 bits per heavy atom. The number of ether oxygens (including phenoxy) is 3. The van der Waals surface area contributed by atoms with E-state index in [2.05, 4.69) is 15.9 Å². The number of Topliss-reactive ketones (excluding diaryl/α,β-unsaturated/α-hetero) is 1. The molecule has 0 bridgehead atoms. The van der Waals surface area contributed by atoms with Gasteiger partial charge in [-0.3, -0.25) is 4.79 Å². The second-order valence-electron chi connectivity index (χ2n) is 6.73. The number of hydrogen-bond acceptors (Lipinski definition) is 5. The van der Waals surface area contributed by atoms with Crippen molar-refractivity contribution in [3.8, 4) is 17.2 Å². The predicted octanol–water partition coefficient (Wildman–Crippen LogP) is 5.60. The smallest absolute Gasteiger partial charge is 0.343 e. The number of methoxy groups -OCH3 is 1. The maximum atomic E-state index is 12.8. The fourth-order valence-electron chi connectivity index (χ4n) is 3.20. The zero-order chi connectivity index (χ0) is 21.3. The average Bonchev–Trinajstić information content (AvgIpc) is 3.03. The Kier molecular flexibility index (Phi) is 5.42. The molecule has 3 aromatic rings. The second-order valence-corrected chi connectivity index (χ2v) is 7.65. The lowest BCUT2D eigenvalue weighted by atomic mass is 10.0. The van der Waals surface area contributed by atoms with Crippen LogP contribution < -0.4 is 14.2 Å². The fraction of sp³-hybridized carbons (Fsp3) is 0.0833. The molecule has 0 amide bonds. The molecule has 0 saturated carbocycles. The van der Waals surface area contributed by atoms with E-state index in [9.17, 15) is 9.59 Å². The Morgan fingerprint density at radius 3 is 2.60 bits per heavy atom. The van der Waals surface area contributed by atoms with Crippen LogP contribution in [0.5, 0.6) is 17.2 Å². The molecule has 1 aliphatic heterocycles. The van der Waals surface area contributed by atoms with Crippen molar-refractivity contribution in [3.05, 3.63) is 93.1 Å². The first kappa shape index (κ1) is 19.9. The first-order valence-electron chi connectivity index (χ1n) is 9.15. The summed E-state index contributed by atoms with van der Waals surface area (Å²) in [5.74, 6) is 0.731. The summed E-state index contributed by atoms with van der Waals surface area (Å²) in [4.78, 5) is 25.3. The van der Waals surface area contributed by atoms with E-state index in [1.165, 1.54) is 7.11 Å². The lowest BCUT2D eigenvalue weighted by molar-refractivity contribution is 0.0734. The number of hydrogen-bond donors (Lipinski definition) is 0. The van der Waals surface area contributed by atoms with Crippen LogP contribution in [0.4, 0.5) is 0 Å². The fourth-order valence-corrected chi connectivity index (χ4v) is 3.62. The number of rotatable bonds is 4. The highest BCUT2D eigenvalue weighted by molar-refractivity contribution is 9.10. The zero-order valence-electron chi connectivity index (χ0n) is 16.3. The molecule has 0 radical (unpaired) electrons. The molecule has 0 N–H and O–H groups in total. The van der Waals surface area contributed by atoms with Crippen LogP contribution in [0.1, 0.15) is 31.8 Å². The molecule has 0 spiro atoms. The number of ketones is 1. The van der Waals surface area contributed by atoms with Crippen LogP contribution in [0.2, 0.25) is 0 Å². The Bertz CT molecular complexity index is 1200. The monoisotopic (exact) mass is 464 g/mol. The second kappa shape index (κ2) is 8.16. The molecule has 30 heavy (non-hydrogen) atoms. The van der Waals surface area contributed by atoms with Gasteiger partial charge in [-0.1, -0.05) is 34.1 Å². The number of esters is 1. The van der Waals surface area contributed by atoms with Crippen molar-refractivity contribution in [1.29, 1.82) is 0 Å². The van der Waals surface area contributed by atoms with Gasteiger partial charge in [-0.05, 0) is 60.5 Å². The van der Waals surface area contributed by atoms with Gasteiger partial charge in [0.05, 0.1) is 18.2 Å². The molecule has 5 nitrogen and oxygen atoms in total. The van der Waals surface area contributed by atoms with E-state index in [4.69, 9.17) is 14.2 Å². The summed E-state index contributed by atoms with van der Waals surface area (Å²) in [5.41, 5.74) is 2.34. The summed E-state index contributed by atoms with van der Waals surface area (Å²) in [6, 6.07) is 17.5. The van der Waals surface area contributed by atoms with Gasteiger partial charge < -0.3 is 14.2 Å². The highest BCUT2D eigenvalue weighted by Gasteiger charge is 2.30. The lowest BCUT2D eigenvalue weighted by Crippen LogP contribution is -2.09. The van der Waals surface area contributed by atoms with Gasteiger partial charge >= 0.3 is 5.97 Å². The molecule has 0 fully saturated rings. The summed E-state index contributed by atoms with van der Waals surface area (Å²) in [7, 11) is 1.53. The van der Waals surface area contributed by atoms with Gasteiger partial charge in [0.1, 0.15) is 17.2 Å². The average molecular weight is 465 g/mol. The quantitative estimate of drug-likeness (QED) is 0.285. The molecule has 0 aliphatic carbocycles. The molecule has 0 saturated heterocycles. The van der Waals surface area contributed by atoms with Crippen molar-refractivity contribution in [2.24, 2.45) is 0 Å². The third kappa shape index (κ3) is 4.00. The van der Waals surface area contributed by atoms with E-state index in [-0.39, 0.29) is 11.5 Å². The normalized spacial score (nSPS) is 13.7. The molecule has 3 aromatic carbocycles. The Labute approximate surface area is 182 Å². The van der Waals surface area contributed by atoms with E-state index in [0.29, 0.717) is 33.9 Å². The first-order chi connectivity index (χ1) is 14.4. The number of aryl methyl sites for hydroxylation is 1. The molecular weight excluding hydrogens is 448 g/mol. The number of carbonyl (C=O) groups excluding carboxylic acids is 2. The van der Waals surface area contributed by atoms with E-state index in [0.717, 1.165) is 10.0 Å². The molecule has 1 aliphatic rings. The van der Waals surface area contributed by atoms with Gasteiger partial charge in [0.15, 0.2) is 5.76 Å². The van der Waals surface area contributed by atoms with Gasteiger partial charge in [0.2, 0.25) is 5.78 Å². The maximum absolute atomic E-state index is 12.8. The van der Waals surface area contributed by atoms with Crippen LogP contribution in [0, 0.1) is 6.92 Å². The van der Waals surface area contributed by atoms with Crippen molar-refractivity contribution in [1.82, 2.24) is 0 Å². The number of halogens is 1. The van der Waals surface area contributed by atoms with Crippen LogP contribution in [0.3, 0.4) is 0 Å². The minimum absolute atomic E-state index is 0.201. The van der Waals surface area contributed by atoms with Gasteiger partial charge in [-0.15, -0.1) is 0 Å². The Balaban J connectivity index is 1.60. The van der Waals surface area contributed by atoms with Gasteiger partial charge in [0.25, 0.3) is 0 Å². The first-order valence-corrected chi connectivity index (χ1v) is 9.94. The van der Waals surface area contributed by atoms with Gasteiger partial charge in [-0.25, -0.2) is 4.79 Å². The van der Waals surface area contributed by atoms with E-state index < -0.39 is 5.97 Å². The number of allylic oxidation sites excluding steroid dienone is 1. The molecular formula is C24H17BrO5. The lowest BCUT2D eigenvalue weighted by Gasteiger charge is -2.08. The number of fused-ring (bicyclic) bond motifs is 1. The summed E-state index contributed by atoms with van der Waals surface area (Å²) in [6.45, 7) is 1.78. The largest absolute Gasteiger partial charge is 0.497 e. The molecule has 150 valence electrons. The molecule has 4 rings (SSSR count). The highest BCUT2D eigenvalue weighted by Crippen LogP contribution is 2.38. The van der Waals surface area contributed by atoms with E-state index in [1.54, 1.807) is 49.4 Å². The highest BCUT2D eigenvalue weighted by atomic mass is 79.9. The molecule has 0 aromatic heterocycles. The van der Waals surface area contributed by atoms with Gasteiger partial charge in [0, 0.05) is 10.5 Å². The minimum atomic E-state index is -0.525. The van der Waals surface area contributed by atoms with E-state index >= 15 is 0 Å². The summed E-state index contributed by atoms with van der Waals surface area (Å²) in [5, 5.41) is 0. The van der Waals surface area contributed by atoms with Crippen molar-refractivity contribution in [2.45, 2.75) is 6.92 Å². The van der Waals surface area contributed by atoms with E-state index in [1.807, 2.05) is 24.3 Å².